The monoisotopic (exact) mass is 402 g/mol. The average Bonchev–Trinajstić information content (AvgIpc) is 3.19. The Morgan fingerprint density at radius 1 is 1.23 bits per heavy atom. The van der Waals surface area contributed by atoms with E-state index in [4.69, 9.17) is 9.47 Å². The van der Waals surface area contributed by atoms with Gasteiger partial charge >= 0.3 is 0 Å². The van der Waals surface area contributed by atoms with Gasteiger partial charge in [-0.2, -0.15) is 0 Å². The fourth-order valence-corrected chi connectivity index (χ4v) is 3.39. The predicted octanol–water partition coefficient (Wildman–Crippen LogP) is 2.99. The molecular formula is C23H22N4O3. The van der Waals surface area contributed by atoms with Crippen molar-refractivity contribution >= 4 is 12.0 Å². The number of rotatable bonds is 6. The van der Waals surface area contributed by atoms with Crippen LogP contribution in [0.5, 0.6) is 11.6 Å². The second-order valence-electron chi connectivity index (χ2n) is 7.06. The van der Waals surface area contributed by atoms with Crippen LogP contribution in [-0.4, -0.2) is 40.8 Å². The number of hydrogen-bond acceptors (Lipinski definition) is 6. The summed E-state index contributed by atoms with van der Waals surface area (Å²) in [4.78, 5) is 16.1. The standard InChI is InChI=1S/C23H22N4O3/c1-15-11-17-13-18(14-25-21(28)5-3-16-7-9-24-10-8-16)30-23(17)19(12-15)20-4-6-22(29-2)27-26-20/h3-12,18H,13-14H2,1-2H3,(H,25,28)/b5-3+/t18-/m1/s1. The van der Waals surface area contributed by atoms with Crippen LogP contribution in [0.1, 0.15) is 16.7 Å². The molecule has 0 spiro atoms. The van der Waals surface area contributed by atoms with E-state index in [1.807, 2.05) is 31.2 Å². The Kier molecular flexibility index (Phi) is 5.70. The Morgan fingerprint density at radius 2 is 2.07 bits per heavy atom. The topological polar surface area (TPSA) is 86.2 Å². The Hall–Kier alpha value is -3.74. The lowest BCUT2D eigenvalue weighted by atomic mass is 10.0. The number of ether oxygens (including phenoxy) is 2. The molecule has 152 valence electrons. The summed E-state index contributed by atoms with van der Waals surface area (Å²) in [6.45, 7) is 2.46. The molecule has 1 aliphatic rings. The summed E-state index contributed by atoms with van der Waals surface area (Å²) in [6.07, 6.45) is 7.24. The largest absolute Gasteiger partial charge is 0.487 e. The van der Waals surface area contributed by atoms with Gasteiger partial charge in [-0.15, -0.1) is 10.2 Å². The molecule has 30 heavy (non-hydrogen) atoms. The highest BCUT2D eigenvalue weighted by Crippen LogP contribution is 2.39. The molecule has 0 fully saturated rings. The Balaban J connectivity index is 1.42. The highest BCUT2D eigenvalue weighted by atomic mass is 16.5. The summed E-state index contributed by atoms with van der Waals surface area (Å²) in [5, 5.41) is 11.2. The Morgan fingerprint density at radius 3 is 2.80 bits per heavy atom. The first-order valence-electron chi connectivity index (χ1n) is 9.66. The molecule has 2 aromatic heterocycles. The SMILES string of the molecule is COc1ccc(-c2cc(C)cc3c2O[C@@H](CNC(=O)/C=C/c2ccncc2)C3)nn1. The second-order valence-corrected chi connectivity index (χ2v) is 7.06. The van der Waals surface area contributed by atoms with Gasteiger partial charge < -0.3 is 14.8 Å². The maximum Gasteiger partial charge on any atom is 0.244 e. The van der Waals surface area contributed by atoms with Crippen LogP contribution >= 0.6 is 0 Å². The summed E-state index contributed by atoms with van der Waals surface area (Å²) >= 11 is 0. The van der Waals surface area contributed by atoms with Gasteiger partial charge in [0, 0.05) is 36.5 Å². The van der Waals surface area contributed by atoms with Crippen molar-refractivity contribution < 1.29 is 14.3 Å². The molecule has 0 aliphatic carbocycles. The normalized spacial score (nSPS) is 14.9. The van der Waals surface area contributed by atoms with E-state index in [-0.39, 0.29) is 12.0 Å². The van der Waals surface area contributed by atoms with Crippen molar-refractivity contribution in [2.75, 3.05) is 13.7 Å². The van der Waals surface area contributed by atoms with E-state index in [0.29, 0.717) is 12.4 Å². The molecule has 1 amide bonds. The minimum Gasteiger partial charge on any atom is -0.487 e. The first-order valence-corrected chi connectivity index (χ1v) is 9.66. The number of nitrogens with one attached hydrogen (secondary N) is 1. The van der Waals surface area contributed by atoms with Crippen molar-refractivity contribution in [1.82, 2.24) is 20.5 Å². The lowest BCUT2D eigenvalue weighted by Crippen LogP contribution is -2.33. The number of fused-ring (bicyclic) bond motifs is 1. The number of carbonyl (C=O) groups excluding carboxylic acids is 1. The van der Waals surface area contributed by atoms with Gasteiger partial charge in [-0.3, -0.25) is 9.78 Å². The van der Waals surface area contributed by atoms with Crippen LogP contribution in [0.15, 0.2) is 54.9 Å². The van der Waals surface area contributed by atoms with Gasteiger partial charge in [-0.05, 0) is 54.0 Å². The van der Waals surface area contributed by atoms with Crippen molar-refractivity contribution in [3.63, 3.8) is 0 Å². The van der Waals surface area contributed by atoms with Crippen LogP contribution in [0.4, 0.5) is 0 Å². The molecule has 1 aliphatic heterocycles. The van der Waals surface area contributed by atoms with Gasteiger partial charge in [0.15, 0.2) is 0 Å². The lowest BCUT2D eigenvalue weighted by Gasteiger charge is -2.13. The van der Waals surface area contributed by atoms with E-state index < -0.39 is 0 Å². The van der Waals surface area contributed by atoms with Gasteiger partial charge in [0.1, 0.15) is 11.9 Å². The van der Waals surface area contributed by atoms with Crippen LogP contribution in [0.2, 0.25) is 0 Å². The maximum absolute atomic E-state index is 12.1. The van der Waals surface area contributed by atoms with Crippen molar-refractivity contribution in [2.24, 2.45) is 0 Å². The molecular weight excluding hydrogens is 380 g/mol. The molecule has 1 N–H and O–H groups in total. The summed E-state index contributed by atoms with van der Waals surface area (Å²) in [5.41, 5.74) is 4.77. The zero-order valence-electron chi connectivity index (χ0n) is 16.8. The number of aromatic nitrogens is 3. The third kappa shape index (κ3) is 4.46. The van der Waals surface area contributed by atoms with E-state index in [9.17, 15) is 4.79 Å². The molecule has 0 unspecified atom stereocenters. The van der Waals surface area contributed by atoms with Crippen LogP contribution in [0.25, 0.3) is 17.3 Å². The molecule has 1 atom stereocenters. The molecule has 4 rings (SSSR count). The van der Waals surface area contributed by atoms with E-state index in [0.717, 1.165) is 40.1 Å². The van der Waals surface area contributed by atoms with Gasteiger partial charge in [0.2, 0.25) is 11.8 Å². The number of nitrogens with zero attached hydrogens (tertiary/aromatic N) is 3. The van der Waals surface area contributed by atoms with Crippen LogP contribution < -0.4 is 14.8 Å². The highest BCUT2D eigenvalue weighted by molar-refractivity contribution is 5.91. The van der Waals surface area contributed by atoms with Gasteiger partial charge in [-0.1, -0.05) is 6.07 Å². The average molecular weight is 402 g/mol. The van der Waals surface area contributed by atoms with Crippen molar-refractivity contribution in [1.29, 1.82) is 0 Å². The second kappa shape index (κ2) is 8.73. The molecule has 3 heterocycles. The zero-order chi connectivity index (χ0) is 20.9. The van der Waals surface area contributed by atoms with Gasteiger partial charge in [0.05, 0.1) is 19.3 Å². The van der Waals surface area contributed by atoms with Gasteiger partial charge in [-0.25, -0.2) is 0 Å². The molecule has 0 saturated carbocycles. The van der Waals surface area contributed by atoms with Crippen LogP contribution in [0.3, 0.4) is 0 Å². The molecule has 7 nitrogen and oxygen atoms in total. The fraction of sp³-hybridized carbons (Fsp3) is 0.217. The molecule has 0 bridgehead atoms. The first-order chi connectivity index (χ1) is 14.6. The minimum atomic E-state index is -0.163. The number of pyridine rings is 1. The summed E-state index contributed by atoms with van der Waals surface area (Å²) in [5.74, 6) is 1.10. The number of carbonyl (C=O) groups is 1. The van der Waals surface area contributed by atoms with Gasteiger partial charge in [0.25, 0.3) is 0 Å². The fourth-order valence-electron chi connectivity index (χ4n) is 3.39. The number of hydrogen-bond donors (Lipinski definition) is 1. The first kappa shape index (κ1) is 19.6. The van der Waals surface area contributed by atoms with Crippen LogP contribution in [-0.2, 0) is 11.2 Å². The Labute approximate surface area is 174 Å². The maximum atomic E-state index is 12.1. The quantitative estimate of drug-likeness (QED) is 0.638. The molecule has 3 aromatic rings. The molecule has 1 aromatic carbocycles. The Bertz CT molecular complexity index is 1070. The lowest BCUT2D eigenvalue weighted by molar-refractivity contribution is -0.116. The van der Waals surface area contributed by atoms with E-state index in [2.05, 4.69) is 26.6 Å². The number of aryl methyl sites for hydroxylation is 1. The predicted molar refractivity (Wildman–Crippen MR) is 113 cm³/mol. The number of amides is 1. The molecule has 0 saturated heterocycles. The smallest absolute Gasteiger partial charge is 0.244 e. The van der Waals surface area contributed by atoms with Crippen molar-refractivity contribution in [2.45, 2.75) is 19.4 Å². The van der Waals surface area contributed by atoms with E-state index in [1.165, 1.54) is 6.08 Å². The number of methoxy groups -OCH3 is 1. The zero-order valence-corrected chi connectivity index (χ0v) is 16.8. The van der Waals surface area contributed by atoms with E-state index in [1.54, 1.807) is 31.6 Å². The summed E-state index contributed by atoms with van der Waals surface area (Å²) < 4.78 is 11.3. The highest BCUT2D eigenvalue weighted by Gasteiger charge is 2.27. The molecule has 0 radical (unpaired) electrons. The third-order valence-corrected chi connectivity index (χ3v) is 4.80. The van der Waals surface area contributed by atoms with Crippen molar-refractivity contribution in [3.05, 3.63) is 71.6 Å². The van der Waals surface area contributed by atoms with Crippen LogP contribution in [0, 0.1) is 6.92 Å². The molecule has 7 heteroatoms. The summed E-state index contributed by atoms with van der Waals surface area (Å²) in [6, 6.07) is 11.5. The number of benzene rings is 1. The van der Waals surface area contributed by atoms with Crippen molar-refractivity contribution in [3.8, 4) is 22.9 Å². The minimum absolute atomic E-state index is 0.134. The van der Waals surface area contributed by atoms with E-state index >= 15 is 0 Å². The summed E-state index contributed by atoms with van der Waals surface area (Å²) in [7, 11) is 1.56. The third-order valence-electron chi connectivity index (χ3n) is 4.80.